The highest BCUT2D eigenvalue weighted by molar-refractivity contribution is 5.91. The first-order valence-electron chi connectivity index (χ1n) is 14.8. The van der Waals surface area contributed by atoms with Gasteiger partial charge in [-0.25, -0.2) is 4.79 Å². The molecule has 2 N–H and O–H groups in total. The number of esters is 1. The number of hydrogen-bond donors (Lipinski definition) is 2. The molecule has 1 aliphatic rings. The van der Waals surface area contributed by atoms with Gasteiger partial charge in [0.2, 0.25) is 0 Å². The number of Topliss-reactive ketones (excluding diaryl/α,β-unsaturated/α-hetero) is 1. The number of hydrogen-bond acceptors (Lipinski definition) is 6. The van der Waals surface area contributed by atoms with Crippen LogP contribution in [0.2, 0.25) is 0 Å². The van der Waals surface area contributed by atoms with Gasteiger partial charge >= 0.3 is 5.97 Å². The van der Waals surface area contributed by atoms with Crippen LogP contribution in [0.3, 0.4) is 0 Å². The predicted octanol–water partition coefficient (Wildman–Crippen LogP) is 6.63. The Morgan fingerprint density at radius 1 is 0.950 bits per heavy atom. The maximum atomic E-state index is 12.8. The lowest BCUT2D eigenvalue weighted by atomic mass is 9.89. The van der Waals surface area contributed by atoms with E-state index in [1.54, 1.807) is 38.2 Å². The maximum absolute atomic E-state index is 12.8. The third kappa shape index (κ3) is 14.2. The van der Waals surface area contributed by atoms with Crippen molar-refractivity contribution in [3.8, 4) is 0 Å². The molecule has 0 saturated heterocycles. The first kappa shape index (κ1) is 35.5. The highest BCUT2D eigenvalue weighted by Crippen LogP contribution is 2.22. The fourth-order valence-corrected chi connectivity index (χ4v) is 4.55. The van der Waals surface area contributed by atoms with E-state index in [4.69, 9.17) is 4.74 Å². The number of cyclic esters (lactones) is 1. The first-order chi connectivity index (χ1) is 18.8. The summed E-state index contributed by atoms with van der Waals surface area (Å²) in [6, 6.07) is 0. The van der Waals surface area contributed by atoms with Crippen molar-refractivity contribution in [2.45, 2.75) is 112 Å². The van der Waals surface area contributed by atoms with Crippen LogP contribution in [0.5, 0.6) is 0 Å². The highest BCUT2D eigenvalue weighted by Gasteiger charge is 2.25. The zero-order valence-electron chi connectivity index (χ0n) is 25.6. The van der Waals surface area contributed by atoms with Gasteiger partial charge in [-0.2, -0.15) is 0 Å². The van der Waals surface area contributed by atoms with Crippen molar-refractivity contribution in [2.24, 2.45) is 23.7 Å². The molecule has 0 amide bonds. The molecular formula is C34H52O6. The van der Waals surface area contributed by atoms with Crippen LogP contribution in [0.4, 0.5) is 0 Å². The van der Waals surface area contributed by atoms with Crippen molar-refractivity contribution < 1.29 is 29.3 Å². The molecule has 0 spiro atoms. The van der Waals surface area contributed by atoms with Gasteiger partial charge in [0.1, 0.15) is 11.9 Å². The zero-order valence-corrected chi connectivity index (χ0v) is 25.6. The number of carbonyl (C=O) groups excluding carboxylic acids is 3. The van der Waals surface area contributed by atoms with Gasteiger partial charge in [0.05, 0.1) is 12.2 Å². The first-order valence-corrected chi connectivity index (χ1v) is 14.8. The fourth-order valence-electron chi connectivity index (χ4n) is 4.55. The molecule has 0 aromatic heterocycles. The number of aliphatic hydroxyl groups excluding tert-OH is 2. The molecule has 0 aromatic carbocycles. The second-order valence-electron chi connectivity index (χ2n) is 11.8. The van der Waals surface area contributed by atoms with Crippen molar-refractivity contribution in [1.82, 2.24) is 0 Å². The molecule has 1 heterocycles. The number of ether oxygens (including phenoxy) is 1. The Labute approximate surface area is 242 Å². The Balaban J connectivity index is 3.12. The summed E-state index contributed by atoms with van der Waals surface area (Å²) in [6.07, 6.45) is 16.2. The molecule has 40 heavy (non-hydrogen) atoms. The third-order valence-corrected chi connectivity index (χ3v) is 7.42. The summed E-state index contributed by atoms with van der Waals surface area (Å²) in [5, 5.41) is 20.8. The van der Waals surface area contributed by atoms with Crippen LogP contribution in [-0.2, 0) is 19.1 Å². The van der Waals surface area contributed by atoms with E-state index in [9.17, 15) is 24.6 Å². The summed E-state index contributed by atoms with van der Waals surface area (Å²) in [5.74, 6) is -1.14. The van der Waals surface area contributed by atoms with Crippen LogP contribution < -0.4 is 0 Å². The van der Waals surface area contributed by atoms with Gasteiger partial charge in [0, 0.05) is 29.7 Å². The number of carbonyl (C=O) groups is 3. The van der Waals surface area contributed by atoms with Crippen molar-refractivity contribution in [3.63, 3.8) is 0 Å². The minimum absolute atomic E-state index is 0.0152. The Morgan fingerprint density at radius 2 is 1.65 bits per heavy atom. The van der Waals surface area contributed by atoms with E-state index in [1.165, 1.54) is 0 Å². The molecule has 6 nitrogen and oxygen atoms in total. The minimum Gasteiger partial charge on any atom is -0.458 e. The van der Waals surface area contributed by atoms with E-state index in [0.29, 0.717) is 30.8 Å². The molecule has 6 atom stereocenters. The summed E-state index contributed by atoms with van der Waals surface area (Å²) < 4.78 is 5.90. The van der Waals surface area contributed by atoms with Gasteiger partial charge in [0.15, 0.2) is 5.78 Å². The summed E-state index contributed by atoms with van der Waals surface area (Å²) in [5.41, 5.74) is 1.42. The van der Waals surface area contributed by atoms with Crippen molar-refractivity contribution >= 4 is 17.5 Å². The summed E-state index contributed by atoms with van der Waals surface area (Å²) in [6.45, 7) is 13.4. The number of aliphatic hydroxyl groups is 2. The zero-order chi connectivity index (χ0) is 30.2. The number of ketones is 2. The fraction of sp³-hybridized carbons (Fsp3) is 0.618. The van der Waals surface area contributed by atoms with Crippen LogP contribution in [0.1, 0.15) is 93.4 Å². The average Bonchev–Trinajstić information content (AvgIpc) is 2.89. The third-order valence-electron chi connectivity index (χ3n) is 7.42. The summed E-state index contributed by atoms with van der Waals surface area (Å²) >= 11 is 0. The molecule has 0 fully saturated rings. The molecule has 1 rings (SSSR count). The van der Waals surface area contributed by atoms with E-state index in [0.717, 1.165) is 24.8 Å². The van der Waals surface area contributed by atoms with Gasteiger partial charge in [0.25, 0.3) is 0 Å². The Kier molecular flexibility index (Phi) is 16.6. The van der Waals surface area contributed by atoms with Crippen LogP contribution in [0, 0.1) is 23.7 Å². The van der Waals surface area contributed by atoms with Crippen LogP contribution in [0.15, 0.2) is 59.8 Å². The summed E-state index contributed by atoms with van der Waals surface area (Å²) in [7, 11) is 0. The Morgan fingerprint density at radius 3 is 2.33 bits per heavy atom. The van der Waals surface area contributed by atoms with E-state index in [1.807, 2.05) is 45.1 Å². The van der Waals surface area contributed by atoms with Gasteiger partial charge in [-0.05, 0) is 64.4 Å². The Bertz CT molecular complexity index is 967. The number of rotatable bonds is 2. The molecule has 0 radical (unpaired) electrons. The lowest BCUT2D eigenvalue weighted by Gasteiger charge is -2.24. The quantitative estimate of drug-likeness (QED) is 0.370. The molecule has 0 saturated carbocycles. The predicted molar refractivity (Wildman–Crippen MR) is 161 cm³/mol. The largest absolute Gasteiger partial charge is 0.458 e. The van der Waals surface area contributed by atoms with Crippen LogP contribution in [-0.4, -0.2) is 46.1 Å². The lowest BCUT2D eigenvalue weighted by molar-refractivity contribution is -0.146. The molecular weight excluding hydrogens is 504 g/mol. The Hall–Kier alpha value is -2.57. The molecule has 0 aromatic rings. The van der Waals surface area contributed by atoms with Gasteiger partial charge < -0.3 is 14.9 Å². The molecule has 0 bridgehead atoms. The molecule has 0 unspecified atom stereocenters. The molecule has 1 aliphatic heterocycles. The maximum Gasteiger partial charge on any atom is 0.334 e. The minimum atomic E-state index is -0.854. The van der Waals surface area contributed by atoms with Crippen LogP contribution in [0.25, 0.3) is 0 Å². The lowest BCUT2D eigenvalue weighted by Crippen LogP contribution is -2.29. The van der Waals surface area contributed by atoms with E-state index in [2.05, 4.69) is 13.8 Å². The van der Waals surface area contributed by atoms with Gasteiger partial charge in [-0.15, -0.1) is 0 Å². The standard InChI is InChI=1S/C34H52O6/c1-23(2)20-33-27(6)21-24(3)16-18-30(36)25(4)17-19-31(37)28(7)32(38)22-29(35)15-13-11-9-8-10-12-14-26(5)34(39)40-33/h8-10,12,14,16,18,21,23,25,27-29,31,33,35,37H,11,13,15,17,19-20,22H2,1-7H3/b9-8+,12-10+,18-16+,24-21+,26-14+/t25-,27-,28-,29-,31+,33-/m1/s1. The highest BCUT2D eigenvalue weighted by atomic mass is 16.5. The molecule has 224 valence electrons. The second kappa shape index (κ2) is 18.7. The van der Waals surface area contributed by atoms with Gasteiger partial charge in [-0.3, -0.25) is 9.59 Å². The average molecular weight is 557 g/mol. The van der Waals surface area contributed by atoms with Crippen molar-refractivity contribution in [2.75, 3.05) is 0 Å². The van der Waals surface area contributed by atoms with E-state index >= 15 is 0 Å². The smallest absolute Gasteiger partial charge is 0.334 e. The summed E-state index contributed by atoms with van der Waals surface area (Å²) in [4.78, 5) is 38.1. The monoisotopic (exact) mass is 556 g/mol. The normalized spacial score (nSPS) is 34.7. The van der Waals surface area contributed by atoms with Crippen LogP contribution >= 0.6 is 0 Å². The molecule has 0 aliphatic carbocycles. The second-order valence-corrected chi connectivity index (χ2v) is 11.8. The van der Waals surface area contributed by atoms with Gasteiger partial charge in [-0.1, -0.05) is 82.7 Å². The van der Waals surface area contributed by atoms with E-state index < -0.39 is 18.1 Å². The molecule has 6 heteroatoms. The SMILES string of the molecule is CC1=C\[C@@H](C)[C@@H](CC(C)C)OC(=O)/C(C)=C/C=C/C=C/CCC[C@@H](O)CC(=O)[C@H](C)[C@@H](O)CC[C@@H](C)C(=O)\C=C\1. The van der Waals surface area contributed by atoms with Crippen molar-refractivity contribution in [3.05, 3.63) is 59.8 Å². The number of allylic oxidation sites excluding steroid dienone is 8. The van der Waals surface area contributed by atoms with Crippen molar-refractivity contribution in [1.29, 1.82) is 0 Å². The van der Waals surface area contributed by atoms with E-state index in [-0.39, 0.29) is 41.9 Å². The topological polar surface area (TPSA) is 101 Å².